The Morgan fingerprint density at radius 1 is 0.960 bits per heavy atom. The maximum Gasteiger partial charge on any atom is 0.271 e. The average Bonchev–Trinajstić information content (AvgIpc) is 2.65. The van der Waals surface area contributed by atoms with Crippen LogP contribution in [0.3, 0.4) is 0 Å². The lowest BCUT2D eigenvalue weighted by atomic mass is 10.1. The zero-order chi connectivity index (χ0) is 18.4. The van der Waals surface area contributed by atoms with E-state index in [0.717, 1.165) is 17.0 Å². The van der Waals surface area contributed by atoms with Crippen LogP contribution in [0.4, 0.5) is 5.69 Å². The van der Waals surface area contributed by atoms with Crippen molar-refractivity contribution >= 4 is 17.3 Å². The molecule has 6 heteroatoms. The first-order chi connectivity index (χ1) is 12.0. The number of hydrogen-bond donors (Lipinski definition) is 1. The topological polar surface area (TPSA) is 63.2 Å². The number of carbonyl (C=O) groups excluding carboxylic acids is 1. The summed E-state index contributed by atoms with van der Waals surface area (Å²) in [5, 5.41) is 4.17. The minimum absolute atomic E-state index is 0.315. The molecular weight excluding hydrogens is 318 g/mol. The molecule has 0 aliphatic carbocycles. The lowest BCUT2D eigenvalue weighted by Crippen LogP contribution is -2.19. The molecule has 132 valence electrons. The van der Waals surface area contributed by atoms with Crippen LogP contribution >= 0.6 is 0 Å². The molecular formula is C19H23N3O3. The Labute approximate surface area is 148 Å². The van der Waals surface area contributed by atoms with E-state index in [1.54, 1.807) is 25.3 Å². The maximum atomic E-state index is 12.3. The van der Waals surface area contributed by atoms with Crippen molar-refractivity contribution in [3.8, 4) is 11.5 Å². The molecule has 0 heterocycles. The Morgan fingerprint density at radius 3 is 2.12 bits per heavy atom. The van der Waals surface area contributed by atoms with Gasteiger partial charge in [0.1, 0.15) is 0 Å². The summed E-state index contributed by atoms with van der Waals surface area (Å²) >= 11 is 0. The molecule has 0 saturated carbocycles. The van der Waals surface area contributed by atoms with Crippen LogP contribution < -0.4 is 19.8 Å². The molecule has 0 spiro atoms. The van der Waals surface area contributed by atoms with Gasteiger partial charge in [-0.25, -0.2) is 5.43 Å². The summed E-state index contributed by atoms with van der Waals surface area (Å²) in [5.74, 6) is 0.750. The number of ether oxygens (including phenoxy) is 2. The zero-order valence-corrected chi connectivity index (χ0v) is 15.2. The molecule has 0 aliphatic rings. The second-order valence-corrected chi connectivity index (χ2v) is 5.65. The fourth-order valence-corrected chi connectivity index (χ4v) is 2.24. The Kier molecular flexibility index (Phi) is 6.00. The third-order valence-corrected chi connectivity index (χ3v) is 3.77. The third-order valence-electron chi connectivity index (χ3n) is 3.77. The van der Waals surface area contributed by atoms with Gasteiger partial charge in [-0.05, 0) is 42.8 Å². The van der Waals surface area contributed by atoms with Crippen LogP contribution in [0.2, 0.25) is 0 Å². The van der Waals surface area contributed by atoms with Gasteiger partial charge in [-0.1, -0.05) is 12.1 Å². The first-order valence-electron chi connectivity index (χ1n) is 7.80. The maximum absolute atomic E-state index is 12.3. The van der Waals surface area contributed by atoms with Crippen LogP contribution in [0, 0.1) is 0 Å². The number of anilines is 1. The monoisotopic (exact) mass is 341 g/mol. The molecule has 0 radical (unpaired) electrons. The SMILES string of the molecule is COc1ccc(C(=O)N/N=C(/C)c2ccc(N(C)C)cc2)cc1OC. The van der Waals surface area contributed by atoms with E-state index in [1.165, 1.54) is 7.11 Å². The molecule has 0 saturated heterocycles. The largest absolute Gasteiger partial charge is 0.493 e. The van der Waals surface area contributed by atoms with E-state index in [1.807, 2.05) is 50.2 Å². The summed E-state index contributed by atoms with van der Waals surface area (Å²) < 4.78 is 10.4. The molecule has 1 N–H and O–H groups in total. The number of hydrogen-bond acceptors (Lipinski definition) is 5. The van der Waals surface area contributed by atoms with E-state index in [-0.39, 0.29) is 5.91 Å². The highest BCUT2D eigenvalue weighted by Crippen LogP contribution is 2.27. The third kappa shape index (κ3) is 4.50. The quantitative estimate of drug-likeness (QED) is 0.648. The number of benzene rings is 2. The summed E-state index contributed by atoms with van der Waals surface area (Å²) in [6, 6.07) is 12.9. The van der Waals surface area contributed by atoms with Gasteiger partial charge in [0, 0.05) is 25.3 Å². The van der Waals surface area contributed by atoms with Gasteiger partial charge in [0.05, 0.1) is 19.9 Å². The van der Waals surface area contributed by atoms with Gasteiger partial charge in [0.25, 0.3) is 5.91 Å². The minimum atomic E-state index is -0.315. The van der Waals surface area contributed by atoms with Crippen LogP contribution in [0.25, 0.3) is 0 Å². The second-order valence-electron chi connectivity index (χ2n) is 5.65. The van der Waals surface area contributed by atoms with Crippen LogP contribution in [0.5, 0.6) is 11.5 Å². The molecule has 0 aromatic heterocycles. The number of rotatable bonds is 6. The number of amides is 1. The van der Waals surface area contributed by atoms with Gasteiger partial charge in [-0.2, -0.15) is 5.10 Å². The van der Waals surface area contributed by atoms with Gasteiger partial charge in [0.2, 0.25) is 0 Å². The predicted octanol–water partition coefficient (Wildman–Crippen LogP) is 2.92. The van der Waals surface area contributed by atoms with Crippen molar-refractivity contribution < 1.29 is 14.3 Å². The fraction of sp³-hybridized carbons (Fsp3) is 0.263. The van der Waals surface area contributed by atoms with Gasteiger partial charge < -0.3 is 14.4 Å². The predicted molar refractivity (Wildman–Crippen MR) is 100.0 cm³/mol. The molecule has 0 bridgehead atoms. The summed E-state index contributed by atoms with van der Waals surface area (Å²) in [4.78, 5) is 14.3. The van der Waals surface area contributed by atoms with Crippen LogP contribution in [-0.2, 0) is 0 Å². The molecule has 0 unspecified atom stereocenters. The van der Waals surface area contributed by atoms with Crippen molar-refractivity contribution in [3.05, 3.63) is 53.6 Å². The van der Waals surface area contributed by atoms with Gasteiger partial charge in [-0.15, -0.1) is 0 Å². The zero-order valence-electron chi connectivity index (χ0n) is 15.2. The van der Waals surface area contributed by atoms with Crippen molar-refractivity contribution in [3.63, 3.8) is 0 Å². The molecule has 1 amide bonds. The average molecular weight is 341 g/mol. The van der Waals surface area contributed by atoms with E-state index in [2.05, 4.69) is 10.5 Å². The molecule has 2 aromatic rings. The molecule has 0 fully saturated rings. The lowest BCUT2D eigenvalue weighted by Gasteiger charge is -2.12. The van der Waals surface area contributed by atoms with Crippen LogP contribution in [0.1, 0.15) is 22.8 Å². The second kappa shape index (κ2) is 8.19. The summed E-state index contributed by atoms with van der Waals surface area (Å²) in [7, 11) is 7.05. The number of nitrogens with zero attached hydrogens (tertiary/aromatic N) is 2. The molecule has 0 atom stereocenters. The van der Waals surface area contributed by atoms with Crippen molar-refractivity contribution in [1.29, 1.82) is 0 Å². The number of nitrogens with one attached hydrogen (secondary N) is 1. The fourth-order valence-electron chi connectivity index (χ4n) is 2.24. The van der Waals surface area contributed by atoms with Crippen molar-refractivity contribution in [2.75, 3.05) is 33.2 Å². The molecule has 6 nitrogen and oxygen atoms in total. The van der Waals surface area contributed by atoms with E-state index < -0.39 is 0 Å². The minimum Gasteiger partial charge on any atom is -0.493 e. The Morgan fingerprint density at radius 2 is 1.56 bits per heavy atom. The Balaban J connectivity index is 2.10. The highest BCUT2D eigenvalue weighted by Gasteiger charge is 2.10. The summed E-state index contributed by atoms with van der Waals surface area (Å²) in [5.41, 5.74) is 5.77. The number of hydrazone groups is 1. The van der Waals surface area contributed by atoms with E-state index >= 15 is 0 Å². The lowest BCUT2D eigenvalue weighted by molar-refractivity contribution is 0.0954. The van der Waals surface area contributed by atoms with Crippen LogP contribution in [0.15, 0.2) is 47.6 Å². The van der Waals surface area contributed by atoms with Crippen LogP contribution in [-0.4, -0.2) is 39.9 Å². The number of carbonyl (C=O) groups is 1. The normalized spacial score (nSPS) is 11.0. The Hall–Kier alpha value is -3.02. The first kappa shape index (κ1) is 18.3. The van der Waals surface area contributed by atoms with Crippen molar-refractivity contribution in [1.82, 2.24) is 5.43 Å². The smallest absolute Gasteiger partial charge is 0.271 e. The van der Waals surface area contributed by atoms with Gasteiger partial charge >= 0.3 is 0 Å². The number of methoxy groups -OCH3 is 2. The molecule has 2 rings (SSSR count). The van der Waals surface area contributed by atoms with Crippen molar-refractivity contribution in [2.24, 2.45) is 5.10 Å². The Bertz CT molecular complexity index is 768. The molecule has 0 aliphatic heterocycles. The summed E-state index contributed by atoms with van der Waals surface area (Å²) in [6.07, 6.45) is 0. The summed E-state index contributed by atoms with van der Waals surface area (Å²) in [6.45, 7) is 1.85. The van der Waals surface area contributed by atoms with E-state index in [4.69, 9.17) is 9.47 Å². The molecule has 2 aromatic carbocycles. The standard InChI is InChI=1S/C19H23N3O3/c1-13(14-6-9-16(10-7-14)22(2)3)20-21-19(23)15-8-11-17(24-4)18(12-15)25-5/h6-12H,1-5H3,(H,21,23)/b20-13-. The highest BCUT2D eigenvalue weighted by atomic mass is 16.5. The van der Waals surface area contributed by atoms with E-state index in [0.29, 0.717) is 17.1 Å². The molecule has 25 heavy (non-hydrogen) atoms. The van der Waals surface area contributed by atoms with Gasteiger partial charge in [-0.3, -0.25) is 4.79 Å². The first-order valence-corrected chi connectivity index (χ1v) is 7.80. The van der Waals surface area contributed by atoms with Gasteiger partial charge in [0.15, 0.2) is 11.5 Å². The van der Waals surface area contributed by atoms with Crippen molar-refractivity contribution in [2.45, 2.75) is 6.92 Å². The van der Waals surface area contributed by atoms with E-state index in [9.17, 15) is 4.79 Å². The highest BCUT2D eigenvalue weighted by molar-refractivity contribution is 6.01.